The van der Waals surface area contributed by atoms with Crippen molar-refractivity contribution in [1.82, 2.24) is 4.90 Å². The van der Waals surface area contributed by atoms with Crippen molar-refractivity contribution in [3.63, 3.8) is 0 Å². The number of ether oxygens (including phenoxy) is 2. The summed E-state index contributed by atoms with van der Waals surface area (Å²) in [5.74, 6) is -0.697. The summed E-state index contributed by atoms with van der Waals surface area (Å²) in [4.78, 5) is 24.5. The van der Waals surface area contributed by atoms with Crippen molar-refractivity contribution >= 4 is 11.9 Å². The van der Waals surface area contributed by atoms with E-state index in [9.17, 15) is 14.7 Å². The second-order valence-corrected chi connectivity index (χ2v) is 3.85. The van der Waals surface area contributed by atoms with E-state index in [1.165, 1.54) is 37.3 Å². The third-order valence-corrected chi connectivity index (χ3v) is 2.45. The van der Waals surface area contributed by atoms with E-state index < -0.39 is 11.9 Å². The molecule has 1 amide bonds. The summed E-state index contributed by atoms with van der Waals surface area (Å²) in [6.07, 6.45) is 0. The first kappa shape index (κ1) is 14.8. The van der Waals surface area contributed by atoms with Crippen molar-refractivity contribution in [3.8, 4) is 11.5 Å². The molecular formula is C13H17NO5. The Labute approximate surface area is 111 Å². The molecule has 0 atom stereocenters. The number of hydrogen-bond acceptors (Lipinski definition) is 5. The van der Waals surface area contributed by atoms with Crippen molar-refractivity contribution in [2.24, 2.45) is 0 Å². The van der Waals surface area contributed by atoms with Crippen LogP contribution in [0.25, 0.3) is 0 Å². The minimum atomic E-state index is -0.499. The van der Waals surface area contributed by atoms with E-state index >= 15 is 0 Å². The summed E-state index contributed by atoms with van der Waals surface area (Å²) in [6, 6.07) is 4.32. The fraction of sp³-hybridized carbons (Fsp3) is 0.385. The van der Waals surface area contributed by atoms with Crippen molar-refractivity contribution in [2.45, 2.75) is 6.92 Å². The van der Waals surface area contributed by atoms with E-state index in [1.54, 1.807) is 6.92 Å². The number of benzene rings is 1. The molecule has 19 heavy (non-hydrogen) atoms. The zero-order valence-corrected chi connectivity index (χ0v) is 11.2. The number of carbonyl (C=O) groups excluding carboxylic acids is 2. The summed E-state index contributed by atoms with van der Waals surface area (Å²) in [7, 11) is 2.92. The number of phenols is 1. The van der Waals surface area contributed by atoms with Crippen LogP contribution in [0.4, 0.5) is 0 Å². The van der Waals surface area contributed by atoms with Crippen LogP contribution in [0.2, 0.25) is 0 Å². The molecule has 0 saturated heterocycles. The molecule has 0 aliphatic rings. The molecule has 1 aromatic rings. The van der Waals surface area contributed by atoms with Crippen molar-refractivity contribution in [3.05, 3.63) is 23.8 Å². The van der Waals surface area contributed by atoms with Gasteiger partial charge in [0.15, 0.2) is 0 Å². The Kier molecular flexibility index (Phi) is 5.17. The van der Waals surface area contributed by atoms with Crippen molar-refractivity contribution in [2.75, 3.05) is 27.3 Å². The molecule has 0 heterocycles. The van der Waals surface area contributed by atoms with Gasteiger partial charge in [-0.3, -0.25) is 9.59 Å². The topological polar surface area (TPSA) is 76.1 Å². The molecule has 0 aliphatic carbocycles. The maximum absolute atomic E-state index is 12.1. The zero-order chi connectivity index (χ0) is 14.4. The molecule has 6 nitrogen and oxygen atoms in total. The molecule has 0 unspecified atom stereocenters. The Morgan fingerprint density at radius 3 is 2.63 bits per heavy atom. The molecule has 0 spiro atoms. The van der Waals surface area contributed by atoms with Crippen LogP contribution in [0.5, 0.6) is 11.5 Å². The molecule has 6 heteroatoms. The lowest BCUT2D eigenvalue weighted by Gasteiger charge is -2.17. The van der Waals surface area contributed by atoms with E-state index in [0.717, 1.165) is 0 Å². The Bertz CT molecular complexity index is 472. The Balaban J connectivity index is 2.84. The van der Waals surface area contributed by atoms with Crippen molar-refractivity contribution < 1.29 is 24.2 Å². The Morgan fingerprint density at radius 2 is 2.05 bits per heavy atom. The van der Waals surface area contributed by atoms with Crippen LogP contribution in [-0.4, -0.2) is 49.2 Å². The van der Waals surface area contributed by atoms with Crippen LogP contribution in [0, 0.1) is 0 Å². The maximum Gasteiger partial charge on any atom is 0.325 e. The van der Waals surface area contributed by atoms with Gasteiger partial charge in [0.1, 0.15) is 18.0 Å². The first-order chi connectivity index (χ1) is 8.99. The van der Waals surface area contributed by atoms with Gasteiger partial charge in [-0.1, -0.05) is 0 Å². The number of nitrogens with zero attached hydrogens (tertiary/aromatic N) is 1. The summed E-state index contributed by atoms with van der Waals surface area (Å²) >= 11 is 0. The van der Waals surface area contributed by atoms with Crippen LogP contribution < -0.4 is 4.74 Å². The second kappa shape index (κ2) is 6.63. The molecule has 1 N–H and O–H groups in total. The van der Waals surface area contributed by atoms with Crippen LogP contribution >= 0.6 is 0 Å². The number of carbonyl (C=O) groups is 2. The quantitative estimate of drug-likeness (QED) is 0.806. The largest absolute Gasteiger partial charge is 0.507 e. The lowest BCUT2D eigenvalue weighted by atomic mass is 10.1. The van der Waals surface area contributed by atoms with Gasteiger partial charge in [-0.25, -0.2) is 0 Å². The zero-order valence-electron chi connectivity index (χ0n) is 11.2. The van der Waals surface area contributed by atoms with E-state index in [0.29, 0.717) is 5.75 Å². The molecule has 0 saturated carbocycles. The predicted octanol–water partition coefficient (Wildman–Crippen LogP) is 1.04. The van der Waals surface area contributed by atoms with Gasteiger partial charge in [-0.2, -0.15) is 0 Å². The predicted molar refractivity (Wildman–Crippen MR) is 68.3 cm³/mol. The van der Waals surface area contributed by atoms with E-state index in [4.69, 9.17) is 9.47 Å². The van der Waals surface area contributed by atoms with Gasteiger partial charge < -0.3 is 19.5 Å². The van der Waals surface area contributed by atoms with Gasteiger partial charge >= 0.3 is 5.97 Å². The molecule has 0 aromatic heterocycles. The normalized spacial score (nSPS) is 9.84. The molecule has 0 bridgehead atoms. The molecule has 1 aromatic carbocycles. The summed E-state index contributed by atoms with van der Waals surface area (Å²) < 4.78 is 9.74. The minimum Gasteiger partial charge on any atom is -0.507 e. The number of rotatable bonds is 5. The van der Waals surface area contributed by atoms with Crippen LogP contribution in [0.3, 0.4) is 0 Å². The van der Waals surface area contributed by atoms with Crippen LogP contribution in [0.15, 0.2) is 18.2 Å². The number of phenolic OH excluding ortho intramolecular Hbond substituents is 1. The molecule has 0 radical (unpaired) electrons. The van der Waals surface area contributed by atoms with Gasteiger partial charge in [0, 0.05) is 7.05 Å². The molecule has 0 fully saturated rings. The average molecular weight is 267 g/mol. The number of hydrogen-bond donors (Lipinski definition) is 1. The fourth-order valence-corrected chi connectivity index (χ4v) is 1.49. The van der Waals surface area contributed by atoms with Gasteiger partial charge in [0.05, 0.1) is 19.3 Å². The van der Waals surface area contributed by atoms with E-state index in [1.807, 2.05) is 0 Å². The minimum absolute atomic E-state index is 0.0751. The highest BCUT2D eigenvalue weighted by atomic mass is 16.5. The SMILES string of the molecule is CCOC(=O)CN(C)C(=O)c1cc(OC)ccc1O. The number of esters is 1. The maximum atomic E-state index is 12.1. The third kappa shape index (κ3) is 3.87. The molecule has 104 valence electrons. The number of amides is 1. The first-order valence-corrected chi connectivity index (χ1v) is 5.77. The summed E-state index contributed by atoms with van der Waals surface area (Å²) in [5, 5.41) is 9.67. The standard InChI is InChI=1S/C13H17NO5/c1-4-19-12(16)8-14(2)13(17)10-7-9(18-3)5-6-11(10)15/h5-7,15H,4,8H2,1-3H3. The van der Waals surface area contributed by atoms with Gasteiger partial charge in [0.2, 0.25) is 0 Å². The van der Waals surface area contributed by atoms with Gasteiger partial charge in [-0.15, -0.1) is 0 Å². The highest BCUT2D eigenvalue weighted by Gasteiger charge is 2.19. The lowest BCUT2D eigenvalue weighted by Crippen LogP contribution is -2.33. The Morgan fingerprint density at radius 1 is 1.37 bits per heavy atom. The number of aromatic hydroxyl groups is 1. The number of likely N-dealkylation sites (N-methyl/N-ethyl adjacent to an activating group) is 1. The average Bonchev–Trinajstić information content (AvgIpc) is 2.38. The fourth-order valence-electron chi connectivity index (χ4n) is 1.49. The number of methoxy groups -OCH3 is 1. The summed E-state index contributed by atoms with van der Waals surface area (Å²) in [5.41, 5.74) is 0.0751. The van der Waals surface area contributed by atoms with Gasteiger partial charge in [-0.05, 0) is 25.1 Å². The first-order valence-electron chi connectivity index (χ1n) is 5.77. The molecule has 1 rings (SSSR count). The van der Waals surface area contributed by atoms with E-state index in [-0.39, 0.29) is 24.5 Å². The second-order valence-electron chi connectivity index (χ2n) is 3.85. The van der Waals surface area contributed by atoms with Crippen LogP contribution in [0.1, 0.15) is 17.3 Å². The highest BCUT2D eigenvalue weighted by Crippen LogP contribution is 2.23. The lowest BCUT2D eigenvalue weighted by molar-refractivity contribution is -0.143. The Hall–Kier alpha value is -2.24. The van der Waals surface area contributed by atoms with Crippen molar-refractivity contribution in [1.29, 1.82) is 0 Å². The third-order valence-electron chi connectivity index (χ3n) is 2.45. The molecular weight excluding hydrogens is 250 g/mol. The smallest absolute Gasteiger partial charge is 0.325 e. The van der Waals surface area contributed by atoms with E-state index in [2.05, 4.69) is 0 Å². The van der Waals surface area contributed by atoms with Crippen LogP contribution in [-0.2, 0) is 9.53 Å². The highest BCUT2D eigenvalue weighted by molar-refractivity contribution is 5.98. The molecule has 0 aliphatic heterocycles. The van der Waals surface area contributed by atoms with Gasteiger partial charge in [0.25, 0.3) is 5.91 Å². The summed E-state index contributed by atoms with van der Waals surface area (Å²) in [6.45, 7) is 1.77. The monoisotopic (exact) mass is 267 g/mol.